The highest BCUT2D eigenvalue weighted by molar-refractivity contribution is 6.24. The summed E-state index contributed by atoms with van der Waals surface area (Å²) in [5.74, 6) is 0.0245. The molecule has 134 valence electrons. The topological polar surface area (TPSA) is 63.4 Å². The molecule has 1 aliphatic rings. The van der Waals surface area contributed by atoms with E-state index in [1.165, 1.54) is 12.1 Å². The van der Waals surface area contributed by atoms with Crippen molar-refractivity contribution >= 4 is 23.2 Å². The van der Waals surface area contributed by atoms with E-state index in [0.29, 0.717) is 5.57 Å². The Hall–Kier alpha value is -2.95. The number of benzene rings is 2. The highest BCUT2D eigenvalue weighted by Crippen LogP contribution is 2.24. The van der Waals surface area contributed by atoms with Crippen molar-refractivity contribution in [3.8, 4) is 0 Å². The zero-order valence-corrected chi connectivity index (χ0v) is 14.6. The number of hydrogen-bond donors (Lipinski definition) is 0. The molecule has 0 spiro atoms. The van der Waals surface area contributed by atoms with Crippen LogP contribution >= 0.6 is 0 Å². The van der Waals surface area contributed by atoms with Crippen molar-refractivity contribution in [1.29, 1.82) is 0 Å². The van der Waals surface area contributed by atoms with Gasteiger partial charge >= 0.3 is 0 Å². The Morgan fingerprint density at radius 1 is 0.923 bits per heavy atom. The Labute approximate surface area is 153 Å². The minimum absolute atomic E-state index is 0.0245. The van der Waals surface area contributed by atoms with E-state index >= 15 is 0 Å². The highest BCUT2D eigenvalue weighted by Gasteiger charge is 2.20. The fourth-order valence-electron chi connectivity index (χ4n) is 3.19. The van der Waals surface area contributed by atoms with Crippen molar-refractivity contribution in [1.82, 2.24) is 4.90 Å². The summed E-state index contributed by atoms with van der Waals surface area (Å²) in [5, 5.41) is 10.8. The molecular formula is C21H22N2O3. The Morgan fingerprint density at radius 2 is 1.54 bits per heavy atom. The first-order valence-corrected chi connectivity index (χ1v) is 8.96. The number of nitrogens with zero attached hydrogens (tertiary/aromatic N) is 2. The van der Waals surface area contributed by atoms with Gasteiger partial charge in [-0.3, -0.25) is 14.9 Å². The number of hydrogen-bond acceptors (Lipinski definition) is 3. The number of nitro groups is 1. The first-order chi connectivity index (χ1) is 12.6. The molecule has 1 saturated heterocycles. The van der Waals surface area contributed by atoms with Crippen LogP contribution in [0.3, 0.4) is 0 Å². The predicted octanol–water partition coefficient (Wildman–Crippen LogP) is 4.54. The fraction of sp³-hybridized carbons (Fsp3) is 0.286. The lowest BCUT2D eigenvalue weighted by atomic mass is 10.0. The van der Waals surface area contributed by atoms with Crippen LogP contribution < -0.4 is 0 Å². The van der Waals surface area contributed by atoms with Gasteiger partial charge in [-0.1, -0.05) is 43.2 Å². The van der Waals surface area contributed by atoms with Crippen molar-refractivity contribution in [2.45, 2.75) is 25.7 Å². The van der Waals surface area contributed by atoms with Gasteiger partial charge in [0.1, 0.15) is 0 Å². The van der Waals surface area contributed by atoms with Crippen LogP contribution in [0.15, 0.2) is 54.6 Å². The lowest BCUT2D eigenvalue weighted by Gasteiger charge is -2.22. The Morgan fingerprint density at radius 3 is 2.12 bits per heavy atom. The Kier molecular flexibility index (Phi) is 5.79. The van der Waals surface area contributed by atoms with Gasteiger partial charge < -0.3 is 4.90 Å². The average molecular weight is 350 g/mol. The van der Waals surface area contributed by atoms with E-state index in [1.54, 1.807) is 12.1 Å². The number of carbonyl (C=O) groups excluding carboxylic acids is 1. The smallest absolute Gasteiger partial charge is 0.269 e. The van der Waals surface area contributed by atoms with Gasteiger partial charge in [-0.25, -0.2) is 0 Å². The van der Waals surface area contributed by atoms with E-state index in [9.17, 15) is 14.9 Å². The first kappa shape index (κ1) is 17.9. The van der Waals surface area contributed by atoms with Crippen LogP contribution in [0.4, 0.5) is 5.69 Å². The molecule has 1 fully saturated rings. The minimum atomic E-state index is -0.423. The SMILES string of the molecule is O=C(/C(=C/c1ccc([N+](=O)[O-])cc1)c1ccccc1)N1CCCCCC1. The van der Waals surface area contributed by atoms with Crippen molar-refractivity contribution in [2.75, 3.05) is 13.1 Å². The highest BCUT2D eigenvalue weighted by atomic mass is 16.6. The summed E-state index contributed by atoms with van der Waals surface area (Å²) in [7, 11) is 0. The second kappa shape index (κ2) is 8.43. The number of non-ortho nitro benzene ring substituents is 1. The molecule has 0 unspecified atom stereocenters. The zero-order chi connectivity index (χ0) is 18.4. The molecule has 0 N–H and O–H groups in total. The lowest BCUT2D eigenvalue weighted by Crippen LogP contribution is -2.32. The maximum atomic E-state index is 13.2. The van der Waals surface area contributed by atoms with Crippen LogP contribution in [-0.2, 0) is 4.79 Å². The van der Waals surface area contributed by atoms with Gasteiger partial charge in [0.05, 0.1) is 4.92 Å². The third-order valence-corrected chi connectivity index (χ3v) is 4.62. The van der Waals surface area contributed by atoms with E-state index in [2.05, 4.69) is 0 Å². The maximum Gasteiger partial charge on any atom is 0.269 e. The van der Waals surface area contributed by atoms with Gasteiger partial charge in [0.25, 0.3) is 11.6 Å². The summed E-state index contributed by atoms with van der Waals surface area (Å²) in [6.07, 6.45) is 6.22. The van der Waals surface area contributed by atoms with Gasteiger partial charge in [-0.2, -0.15) is 0 Å². The lowest BCUT2D eigenvalue weighted by molar-refractivity contribution is -0.384. The van der Waals surface area contributed by atoms with E-state index in [4.69, 9.17) is 0 Å². The van der Waals surface area contributed by atoms with Gasteiger partial charge in [0.2, 0.25) is 0 Å². The van der Waals surface area contributed by atoms with Crippen molar-refractivity contribution in [3.63, 3.8) is 0 Å². The normalized spacial score (nSPS) is 15.4. The van der Waals surface area contributed by atoms with Crippen molar-refractivity contribution in [2.24, 2.45) is 0 Å². The summed E-state index contributed by atoms with van der Waals surface area (Å²) in [4.78, 5) is 25.5. The standard InChI is InChI=1S/C21H22N2O3/c24-21(22-14-6-1-2-7-15-22)20(18-8-4-3-5-9-18)16-17-10-12-19(13-11-17)23(25)26/h3-5,8-13,16H,1-2,6-7,14-15H2/b20-16+. The van der Waals surface area contributed by atoms with Crippen LogP contribution in [0, 0.1) is 10.1 Å². The van der Waals surface area contributed by atoms with Crippen LogP contribution in [0.5, 0.6) is 0 Å². The number of amides is 1. The molecule has 2 aromatic carbocycles. The molecule has 5 nitrogen and oxygen atoms in total. The van der Waals surface area contributed by atoms with Gasteiger partial charge in [0.15, 0.2) is 0 Å². The second-order valence-corrected chi connectivity index (χ2v) is 6.48. The Bertz CT molecular complexity index is 790. The number of carbonyl (C=O) groups is 1. The van der Waals surface area contributed by atoms with Crippen LogP contribution in [0.2, 0.25) is 0 Å². The number of likely N-dealkylation sites (tertiary alicyclic amines) is 1. The van der Waals surface area contributed by atoms with E-state index in [-0.39, 0.29) is 11.6 Å². The van der Waals surface area contributed by atoms with Crippen molar-refractivity contribution in [3.05, 3.63) is 75.8 Å². The molecule has 0 atom stereocenters. The predicted molar refractivity (Wildman–Crippen MR) is 102 cm³/mol. The first-order valence-electron chi connectivity index (χ1n) is 8.96. The molecule has 1 heterocycles. The fourth-order valence-corrected chi connectivity index (χ4v) is 3.19. The number of nitro benzene ring substituents is 1. The van der Waals surface area contributed by atoms with Gasteiger partial charge in [-0.15, -0.1) is 0 Å². The summed E-state index contributed by atoms with van der Waals surface area (Å²) in [5.41, 5.74) is 2.31. The second-order valence-electron chi connectivity index (χ2n) is 6.48. The van der Waals surface area contributed by atoms with E-state index in [0.717, 1.165) is 49.9 Å². The minimum Gasteiger partial charge on any atom is -0.339 e. The molecule has 5 heteroatoms. The molecular weight excluding hydrogens is 328 g/mol. The molecule has 3 rings (SSSR count). The third kappa shape index (κ3) is 4.36. The molecule has 26 heavy (non-hydrogen) atoms. The average Bonchev–Trinajstić information content (AvgIpc) is 2.96. The molecule has 1 aliphatic heterocycles. The van der Waals surface area contributed by atoms with Crippen LogP contribution in [0.25, 0.3) is 11.6 Å². The quantitative estimate of drug-likeness (QED) is 0.352. The van der Waals surface area contributed by atoms with Crippen LogP contribution in [-0.4, -0.2) is 28.8 Å². The maximum absolute atomic E-state index is 13.2. The number of rotatable bonds is 4. The third-order valence-electron chi connectivity index (χ3n) is 4.62. The Balaban J connectivity index is 1.95. The molecule has 0 radical (unpaired) electrons. The molecule has 0 saturated carbocycles. The van der Waals surface area contributed by atoms with Gasteiger partial charge in [0, 0.05) is 30.8 Å². The molecule has 0 aliphatic carbocycles. The summed E-state index contributed by atoms with van der Waals surface area (Å²) in [6.45, 7) is 1.56. The van der Waals surface area contributed by atoms with E-state index in [1.807, 2.05) is 41.3 Å². The molecule has 0 bridgehead atoms. The monoisotopic (exact) mass is 350 g/mol. The van der Waals surface area contributed by atoms with E-state index < -0.39 is 4.92 Å². The summed E-state index contributed by atoms with van der Waals surface area (Å²) >= 11 is 0. The summed E-state index contributed by atoms with van der Waals surface area (Å²) in [6, 6.07) is 15.9. The molecule has 1 amide bonds. The van der Waals surface area contributed by atoms with Gasteiger partial charge in [-0.05, 0) is 42.2 Å². The zero-order valence-electron chi connectivity index (χ0n) is 14.6. The van der Waals surface area contributed by atoms with Crippen LogP contribution in [0.1, 0.15) is 36.8 Å². The molecule has 2 aromatic rings. The largest absolute Gasteiger partial charge is 0.339 e. The molecule has 0 aromatic heterocycles. The summed E-state index contributed by atoms with van der Waals surface area (Å²) < 4.78 is 0. The van der Waals surface area contributed by atoms with Crippen molar-refractivity contribution < 1.29 is 9.72 Å².